The summed E-state index contributed by atoms with van der Waals surface area (Å²) in [5.41, 5.74) is 5.67. The molecule has 1 fully saturated rings. The molecule has 0 amide bonds. The predicted molar refractivity (Wildman–Crippen MR) is 202 cm³/mol. The lowest BCUT2D eigenvalue weighted by Crippen LogP contribution is -2.40. The SMILES string of the molecule is CCN(Cc1cc(Cl)c(OCc2cccc(-c3cccc(OCCCN4CC[C@@H](O)C4)c3Cl)c2C)cc1OCc1cncc(C#N)c1)C(CO)CO. The minimum absolute atomic E-state index is 0.152. The Balaban J connectivity index is 1.33. The predicted octanol–water partition coefficient (Wildman–Crippen LogP) is 6.40. The summed E-state index contributed by atoms with van der Waals surface area (Å²) in [6.07, 6.45) is 4.56. The number of halogens is 2. The van der Waals surface area contributed by atoms with E-state index in [-0.39, 0.29) is 32.5 Å². The van der Waals surface area contributed by atoms with Gasteiger partial charge in [-0.1, -0.05) is 60.5 Å². The number of aromatic nitrogens is 1. The maximum atomic E-state index is 9.85. The van der Waals surface area contributed by atoms with Gasteiger partial charge in [0, 0.05) is 61.3 Å². The minimum atomic E-state index is -0.448. The molecule has 1 aliphatic rings. The molecular weight excluding hydrogens is 703 g/mol. The number of aliphatic hydroxyl groups is 3. The Labute approximate surface area is 315 Å². The van der Waals surface area contributed by atoms with Crippen molar-refractivity contribution in [2.45, 2.75) is 58.6 Å². The van der Waals surface area contributed by atoms with E-state index in [9.17, 15) is 20.6 Å². The van der Waals surface area contributed by atoms with Crippen molar-refractivity contribution in [3.63, 3.8) is 0 Å². The van der Waals surface area contributed by atoms with E-state index in [4.69, 9.17) is 37.4 Å². The van der Waals surface area contributed by atoms with Gasteiger partial charge in [0.1, 0.15) is 36.5 Å². The maximum Gasteiger partial charge on any atom is 0.142 e. The third-order valence-corrected chi connectivity index (χ3v) is 10.0. The van der Waals surface area contributed by atoms with Crippen LogP contribution in [0.15, 0.2) is 67.0 Å². The smallest absolute Gasteiger partial charge is 0.142 e. The molecule has 52 heavy (non-hydrogen) atoms. The second-order valence-electron chi connectivity index (χ2n) is 12.9. The van der Waals surface area contributed by atoms with Crippen LogP contribution >= 0.6 is 23.2 Å². The van der Waals surface area contributed by atoms with Crippen molar-refractivity contribution in [2.24, 2.45) is 0 Å². The zero-order valence-corrected chi connectivity index (χ0v) is 31.1. The Morgan fingerprint density at radius 3 is 2.46 bits per heavy atom. The van der Waals surface area contributed by atoms with Crippen molar-refractivity contribution in [3.8, 4) is 34.4 Å². The second-order valence-corrected chi connectivity index (χ2v) is 13.7. The molecule has 0 bridgehead atoms. The number of hydrogen-bond acceptors (Lipinski definition) is 10. The van der Waals surface area contributed by atoms with Crippen LogP contribution in [0.25, 0.3) is 11.1 Å². The summed E-state index contributed by atoms with van der Waals surface area (Å²) in [5, 5.41) is 39.7. The van der Waals surface area contributed by atoms with Gasteiger partial charge >= 0.3 is 0 Å². The number of nitriles is 1. The van der Waals surface area contributed by atoms with E-state index >= 15 is 0 Å². The summed E-state index contributed by atoms with van der Waals surface area (Å²) in [6, 6.07) is 18.7. The van der Waals surface area contributed by atoms with Gasteiger partial charge in [-0.25, -0.2) is 0 Å². The van der Waals surface area contributed by atoms with Crippen molar-refractivity contribution in [1.82, 2.24) is 14.8 Å². The molecule has 1 aliphatic heterocycles. The lowest BCUT2D eigenvalue weighted by Gasteiger charge is -2.29. The zero-order chi connectivity index (χ0) is 37.0. The number of likely N-dealkylation sites (tertiary alicyclic amines) is 1. The van der Waals surface area contributed by atoms with Gasteiger partial charge < -0.3 is 34.4 Å². The molecule has 0 spiro atoms. The van der Waals surface area contributed by atoms with Gasteiger partial charge in [-0.15, -0.1) is 0 Å². The first-order valence-corrected chi connectivity index (χ1v) is 18.3. The van der Waals surface area contributed by atoms with Gasteiger partial charge in [-0.2, -0.15) is 5.26 Å². The van der Waals surface area contributed by atoms with Crippen LogP contribution in [0.5, 0.6) is 17.2 Å². The molecule has 10 nitrogen and oxygen atoms in total. The Hall–Kier alpha value is -3.92. The van der Waals surface area contributed by atoms with Gasteiger partial charge in [-0.3, -0.25) is 9.88 Å². The standard InChI is InChI=1S/C40H46Cl2N4O6/c1-3-46(32(23-47)24-48)21-31-16-36(41)39(17-38(31)51-25-29-15-28(18-43)19-44-20-29)52-26-30-7-4-8-34(27(30)2)35-9-5-10-37(40(35)42)50-14-6-12-45-13-11-33(49)22-45/h4-5,7-10,15-17,19-20,32-33,47-49H,3,6,11-14,21-26H2,1-2H3/t33-/m1/s1. The number of β-amino-alcohol motifs (C(OH)–C–C–N with tert-alkyl or cyclic N) is 1. The highest BCUT2D eigenvalue weighted by atomic mass is 35.5. The molecule has 4 aromatic rings. The monoisotopic (exact) mass is 748 g/mol. The van der Waals surface area contributed by atoms with E-state index in [1.807, 2.05) is 55.1 Å². The Bertz CT molecular complexity index is 1830. The third kappa shape index (κ3) is 10.1. The number of benzene rings is 3. The molecule has 0 saturated carbocycles. The van der Waals surface area contributed by atoms with E-state index < -0.39 is 6.04 Å². The third-order valence-electron chi connectivity index (χ3n) is 9.36. The van der Waals surface area contributed by atoms with E-state index in [1.54, 1.807) is 24.4 Å². The van der Waals surface area contributed by atoms with E-state index in [0.717, 1.165) is 59.3 Å². The van der Waals surface area contributed by atoms with Gasteiger partial charge in [0.05, 0.1) is 47.6 Å². The van der Waals surface area contributed by atoms with Crippen LogP contribution in [-0.4, -0.2) is 88.2 Å². The largest absolute Gasteiger partial charge is 0.492 e. The normalized spacial score (nSPS) is 14.6. The molecule has 5 rings (SSSR count). The van der Waals surface area contributed by atoms with Crippen LogP contribution in [-0.2, 0) is 19.8 Å². The summed E-state index contributed by atoms with van der Waals surface area (Å²) in [5.74, 6) is 1.57. The maximum absolute atomic E-state index is 9.85. The first kappa shape index (κ1) is 39.3. The first-order valence-electron chi connectivity index (χ1n) is 17.5. The number of aliphatic hydroxyl groups excluding tert-OH is 3. The topological polar surface area (TPSA) is 132 Å². The second kappa shape index (κ2) is 19.2. The molecule has 276 valence electrons. The summed E-state index contributed by atoms with van der Waals surface area (Å²) < 4.78 is 18.7. The fourth-order valence-corrected chi connectivity index (χ4v) is 6.87. The molecular formula is C40H46Cl2N4O6. The fraction of sp³-hybridized carbons (Fsp3) is 0.400. The van der Waals surface area contributed by atoms with Crippen molar-refractivity contribution < 1.29 is 29.5 Å². The molecule has 3 aromatic carbocycles. The first-order chi connectivity index (χ1) is 25.2. The summed E-state index contributed by atoms with van der Waals surface area (Å²) in [7, 11) is 0. The van der Waals surface area contributed by atoms with Crippen LogP contribution < -0.4 is 14.2 Å². The van der Waals surface area contributed by atoms with Crippen LogP contribution in [0.1, 0.15) is 47.6 Å². The highest BCUT2D eigenvalue weighted by Crippen LogP contribution is 2.39. The minimum Gasteiger partial charge on any atom is -0.492 e. The summed E-state index contributed by atoms with van der Waals surface area (Å²) in [6.45, 7) is 7.92. The molecule has 12 heteroatoms. The number of pyridine rings is 1. The van der Waals surface area contributed by atoms with E-state index in [0.29, 0.717) is 59.1 Å². The number of hydrogen-bond donors (Lipinski definition) is 3. The number of nitrogens with zero attached hydrogens (tertiary/aromatic N) is 4. The fourth-order valence-electron chi connectivity index (χ4n) is 6.34. The average Bonchev–Trinajstić information content (AvgIpc) is 3.58. The quantitative estimate of drug-likeness (QED) is 0.0983. The molecule has 0 unspecified atom stereocenters. The lowest BCUT2D eigenvalue weighted by atomic mass is 9.96. The summed E-state index contributed by atoms with van der Waals surface area (Å²) in [4.78, 5) is 8.33. The Morgan fingerprint density at radius 1 is 0.962 bits per heavy atom. The van der Waals surface area contributed by atoms with Gasteiger partial charge in [-0.05, 0) is 61.2 Å². The molecule has 3 N–H and O–H groups in total. The highest BCUT2D eigenvalue weighted by molar-refractivity contribution is 6.35. The summed E-state index contributed by atoms with van der Waals surface area (Å²) >= 11 is 13.7. The van der Waals surface area contributed by atoms with Crippen molar-refractivity contribution >= 4 is 23.2 Å². The zero-order valence-electron chi connectivity index (χ0n) is 29.6. The van der Waals surface area contributed by atoms with E-state index in [1.165, 1.54) is 6.20 Å². The van der Waals surface area contributed by atoms with Gasteiger partial charge in [0.15, 0.2) is 0 Å². The number of likely N-dealkylation sites (N-methyl/N-ethyl adjacent to an activating group) is 1. The Morgan fingerprint density at radius 2 is 1.73 bits per heavy atom. The molecule has 1 saturated heterocycles. The Kier molecular flexibility index (Phi) is 14.5. The molecule has 1 aromatic heterocycles. The van der Waals surface area contributed by atoms with Crippen LogP contribution in [0.2, 0.25) is 10.0 Å². The highest BCUT2D eigenvalue weighted by Gasteiger charge is 2.21. The molecule has 2 heterocycles. The van der Waals surface area contributed by atoms with Crippen LogP contribution in [0.4, 0.5) is 0 Å². The molecule has 0 aliphatic carbocycles. The van der Waals surface area contributed by atoms with Crippen molar-refractivity contribution in [2.75, 3.05) is 46.0 Å². The average molecular weight is 750 g/mol. The van der Waals surface area contributed by atoms with E-state index in [2.05, 4.69) is 16.0 Å². The lowest BCUT2D eigenvalue weighted by molar-refractivity contribution is 0.0717. The molecule has 1 atom stereocenters. The number of rotatable bonds is 18. The van der Waals surface area contributed by atoms with Gasteiger partial charge in [0.2, 0.25) is 0 Å². The molecule has 0 radical (unpaired) electrons. The van der Waals surface area contributed by atoms with Crippen LogP contribution in [0, 0.1) is 18.3 Å². The van der Waals surface area contributed by atoms with Crippen molar-refractivity contribution in [3.05, 3.63) is 105 Å². The van der Waals surface area contributed by atoms with Crippen LogP contribution in [0.3, 0.4) is 0 Å². The number of ether oxygens (including phenoxy) is 3. The van der Waals surface area contributed by atoms with Crippen molar-refractivity contribution in [1.29, 1.82) is 5.26 Å². The van der Waals surface area contributed by atoms with Gasteiger partial charge in [0.25, 0.3) is 0 Å².